The molecule has 0 aliphatic carbocycles. The number of unbranched alkanes of at least 4 members (excludes halogenated alkanes) is 1. The van der Waals surface area contributed by atoms with Crippen LogP contribution in [0.3, 0.4) is 0 Å². The monoisotopic (exact) mass is 316 g/mol. The van der Waals surface area contributed by atoms with Crippen molar-refractivity contribution >= 4 is 17.1 Å². The number of nitrogen functional groups attached to an aromatic ring is 1. The fourth-order valence-electron chi connectivity index (χ4n) is 2.50. The van der Waals surface area contributed by atoms with E-state index in [-0.39, 0.29) is 5.69 Å². The van der Waals surface area contributed by atoms with Gasteiger partial charge in [0.05, 0.1) is 0 Å². The van der Waals surface area contributed by atoms with Gasteiger partial charge in [0.1, 0.15) is 11.4 Å². The summed E-state index contributed by atoms with van der Waals surface area (Å²) in [5.74, 6) is 0. The van der Waals surface area contributed by atoms with Crippen LogP contribution in [0.15, 0.2) is 27.8 Å². The Kier molecular flexibility index (Phi) is 7.01. The Balaban J connectivity index is 0.00000127. The predicted octanol–water partition coefficient (Wildman–Crippen LogP) is 3.70. The molecule has 4 nitrogen and oxygen atoms in total. The van der Waals surface area contributed by atoms with E-state index in [1.807, 2.05) is 25.7 Å². The maximum absolute atomic E-state index is 11.9. The fraction of sp³-hybridized carbons (Fsp3) is 0.474. The minimum Gasteiger partial charge on any atom is -0.394 e. The van der Waals surface area contributed by atoms with Crippen molar-refractivity contribution < 1.29 is 0 Å². The van der Waals surface area contributed by atoms with Gasteiger partial charge in [0, 0.05) is 12.2 Å². The molecule has 0 amide bonds. The van der Waals surface area contributed by atoms with Gasteiger partial charge in [-0.2, -0.15) is 0 Å². The van der Waals surface area contributed by atoms with Crippen LogP contribution >= 0.6 is 0 Å². The van der Waals surface area contributed by atoms with Crippen molar-refractivity contribution in [3.8, 4) is 0 Å². The second-order valence-corrected chi connectivity index (χ2v) is 5.40. The first-order valence-corrected chi connectivity index (χ1v) is 8.47. The summed E-state index contributed by atoms with van der Waals surface area (Å²) >= 11 is 0. The summed E-state index contributed by atoms with van der Waals surface area (Å²) in [5.41, 5.74) is 8.44. The zero-order valence-electron chi connectivity index (χ0n) is 14.9. The van der Waals surface area contributed by atoms with E-state index >= 15 is 0 Å². The molecule has 0 saturated carbocycles. The predicted molar refractivity (Wildman–Crippen MR) is 99.6 cm³/mol. The lowest BCUT2D eigenvalue weighted by Gasteiger charge is -2.28. The SMILES string of the molecule is CC.CCCCN(c1cc(CC)ccc1C)c1c(N)c(=O)c1=O. The van der Waals surface area contributed by atoms with Gasteiger partial charge in [-0.1, -0.05) is 46.2 Å². The van der Waals surface area contributed by atoms with Crippen molar-refractivity contribution in [2.24, 2.45) is 0 Å². The van der Waals surface area contributed by atoms with Crippen LogP contribution in [-0.2, 0) is 6.42 Å². The summed E-state index contributed by atoms with van der Waals surface area (Å²) < 4.78 is 0. The van der Waals surface area contributed by atoms with Crippen LogP contribution in [0.5, 0.6) is 0 Å². The lowest BCUT2D eigenvalue weighted by Crippen LogP contribution is -2.41. The fourth-order valence-corrected chi connectivity index (χ4v) is 2.50. The molecular weight excluding hydrogens is 288 g/mol. The molecule has 0 saturated heterocycles. The highest BCUT2D eigenvalue weighted by Gasteiger charge is 2.25. The van der Waals surface area contributed by atoms with Crippen molar-refractivity contribution in [3.63, 3.8) is 0 Å². The smallest absolute Gasteiger partial charge is 0.253 e. The Morgan fingerprint density at radius 3 is 2.26 bits per heavy atom. The molecule has 0 bridgehead atoms. The van der Waals surface area contributed by atoms with Gasteiger partial charge in [0.15, 0.2) is 0 Å². The molecule has 0 aliphatic rings. The number of anilines is 3. The van der Waals surface area contributed by atoms with E-state index in [9.17, 15) is 9.59 Å². The van der Waals surface area contributed by atoms with Gasteiger partial charge in [-0.25, -0.2) is 0 Å². The van der Waals surface area contributed by atoms with Crippen LogP contribution < -0.4 is 21.5 Å². The van der Waals surface area contributed by atoms with E-state index in [1.54, 1.807) is 0 Å². The van der Waals surface area contributed by atoms with Crippen LogP contribution in [0.1, 0.15) is 51.7 Å². The number of hydrogen-bond donors (Lipinski definition) is 1. The van der Waals surface area contributed by atoms with E-state index < -0.39 is 10.9 Å². The highest BCUT2D eigenvalue weighted by Crippen LogP contribution is 2.31. The van der Waals surface area contributed by atoms with Gasteiger partial charge < -0.3 is 10.6 Å². The van der Waals surface area contributed by atoms with Gasteiger partial charge >= 0.3 is 0 Å². The molecule has 4 heteroatoms. The Hall–Kier alpha value is -2.10. The average Bonchev–Trinajstić information content (AvgIpc) is 2.60. The summed E-state index contributed by atoms with van der Waals surface area (Å²) in [4.78, 5) is 25.2. The van der Waals surface area contributed by atoms with Crippen LogP contribution in [0, 0.1) is 6.92 Å². The number of nitrogens with zero attached hydrogens (tertiary/aromatic N) is 1. The van der Waals surface area contributed by atoms with Crippen molar-refractivity contribution in [3.05, 3.63) is 49.8 Å². The quantitative estimate of drug-likeness (QED) is 0.825. The lowest BCUT2D eigenvalue weighted by molar-refractivity contribution is 0.781. The maximum Gasteiger partial charge on any atom is 0.253 e. The number of aryl methyl sites for hydroxylation is 2. The Labute approximate surface area is 138 Å². The summed E-state index contributed by atoms with van der Waals surface area (Å²) in [7, 11) is 0. The summed E-state index contributed by atoms with van der Waals surface area (Å²) in [6, 6.07) is 6.22. The molecule has 126 valence electrons. The van der Waals surface area contributed by atoms with Gasteiger partial charge in [-0.3, -0.25) is 9.59 Å². The molecule has 2 aromatic carbocycles. The third kappa shape index (κ3) is 3.81. The lowest BCUT2D eigenvalue weighted by atomic mass is 10.0. The van der Waals surface area contributed by atoms with Crippen LogP contribution in [0.25, 0.3) is 0 Å². The van der Waals surface area contributed by atoms with Gasteiger partial charge in [0.2, 0.25) is 0 Å². The highest BCUT2D eigenvalue weighted by atomic mass is 16.2. The molecule has 0 heterocycles. The van der Waals surface area contributed by atoms with Crippen molar-refractivity contribution in [2.45, 2.75) is 53.9 Å². The summed E-state index contributed by atoms with van der Waals surface area (Å²) in [6.07, 6.45) is 2.88. The van der Waals surface area contributed by atoms with Gasteiger partial charge in [-0.05, 0) is 37.0 Å². The highest BCUT2D eigenvalue weighted by molar-refractivity contribution is 5.80. The Bertz CT molecular complexity index is 713. The minimum atomic E-state index is -0.559. The molecular formula is C19H28N2O2. The van der Waals surface area contributed by atoms with E-state index in [2.05, 4.69) is 32.0 Å². The van der Waals surface area contributed by atoms with E-state index in [0.29, 0.717) is 12.2 Å². The standard InChI is InChI=1S/C17H22N2O2.C2H6/c1-4-6-9-19(15-14(18)16(20)17(15)21)13-10-12(5-2)8-7-11(13)3;1-2/h7-8,10H,4-6,9,18H2,1-3H3;1-2H3. The second-order valence-electron chi connectivity index (χ2n) is 5.40. The van der Waals surface area contributed by atoms with Crippen LogP contribution in [0.2, 0.25) is 0 Å². The van der Waals surface area contributed by atoms with Gasteiger partial charge in [-0.15, -0.1) is 0 Å². The second kappa shape index (κ2) is 8.51. The molecule has 0 spiro atoms. The van der Waals surface area contributed by atoms with E-state index in [1.165, 1.54) is 5.56 Å². The molecule has 2 aromatic rings. The molecule has 0 atom stereocenters. The number of nitrogens with two attached hydrogens (primary N) is 1. The molecule has 0 aliphatic heterocycles. The van der Waals surface area contributed by atoms with Crippen molar-refractivity contribution in [2.75, 3.05) is 17.2 Å². The molecule has 0 unspecified atom stereocenters. The summed E-state index contributed by atoms with van der Waals surface area (Å²) in [5, 5.41) is 0. The van der Waals surface area contributed by atoms with Gasteiger partial charge in [0.25, 0.3) is 10.9 Å². The first-order chi connectivity index (χ1) is 11.0. The van der Waals surface area contributed by atoms with Crippen LogP contribution in [-0.4, -0.2) is 6.54 Å². The largest absolute Gasteiger partial charge is 0.394 e. The Morgan fingerprint density at radius 2 is 1.74 bits per heavy atom. The number of benzene rings is 1. The molecule has 0 radical (unpaired) electrons. The third-order valence-corrected chi connectivity index (χ3v) is 3.90. The number of rotatable bonds is 6. The topological polar surface area (TPSA) is 63.4 Å². The molecule has 2 N–H and O–H groups in total. The van der Waals surface area contributed by atoms with E-state index in [0.717, 1.165) is 30.5 Å². The normalized spacial score (nSPS) is 10.3. The number of hydrogen-bond acceptors (Lipinski definition) is 4. The zero-order valence-corrected chi connectivity index (χ0v) is 14.9. The minimum absolute atomic E-state index is 0.0948. The molecule has 23 heavy (non-hydrogen) atoms. The molecule has 2 rings (SSSR count). The average molecular weight is 316 g/mol. The zero-order chi connectivity index (χ0) is 17.6. The van der Waals surface area contributed by atoms with Crippen molar-refractivity contribution in [1.29, 1.82) is 0 Å². The van der Waals surface area contributed by atoms with Crippen molar-refractivity contribution in [1.82, 2.24) is 0 Å². The first-order valence-electron chi connectivity index (χ1n) is 8.47. The molecule has 0 fully saturated rings. The van der Waals surface area contributed by atoms with Crippen LogP contribution in [0.4, 0.5) is 17.1 Å². The maximum atomic E-state index is 11.9. The molecule has 0 aromatic heterocycles. The third-order valence-electron chi connectivity index (χ3n) is 3.90. The Morgan fingerprint density at radius 1 is 1.09 bits per heavy atom. The first kappa shape index (κ1) is 18.9. The summed E-state index contributed by atoms with van der Waals surface area (Å²) in [6.45, 7) is 10.9. The van der Waals surface area contributed by atoms with E-state index in [4.69, 9.17) is 5.73 Å².